The largest absolute Gasteiger partial charge is 0.506 e. The molecule has 12 heteroatoms. The molecule has 0 atom stereocenters. The summed E-state index contributed by atoms with van der Waals surface area (Å²) in [6, 6.07) is 13.7. The Morgan fingerprint density at radius 2 is 1.61 bits per heavy atom. The van der Waals surface area contributed by atoms with Gasteiger partial charge >= 0.3 is 5.97 Å². The van der Waals surface area contributed by atoms with Crippen molar-refractivity contribution in [1.29, 1.82) is 0 Å². The molecular weight excluding hydrogens is 510 g/mol. The first-order valence-corrected chi connectivity index (χ1v) is 12.1. The van der Waals surface area contributed by atoms with Gasteiger partial charge in [-0.05, 0) is 35.6 Å². The highest BCUT2D eigenvalue weighted by Gasteiger charge is 2.30. The summed E-state index contributed by atoms with van der Waals surface area (Å²) in [6.45, 7) is -1.15. The summed E-state index contributed by atoms with van der Waals surface area (Å²) in [4.78, 5) is 50.6. The van der Waals surface area contributed by atoms with Crippen LogP contribution in [0.2, 0.25) is 5.02 Å². The first-order valence-electron chi connectivity index (χ1n) is 10.5. The normalized spacial score (nSPS) is 10.6. The number of nitrogens with one attached hydrogen (secondary N) is 2. The van der Waals surface area contributed by atoms with E-state index in [0.717, 1.165) is 10.5 Å². The highest BCUT2D eigenvalue weighted by Crippen LogP contribution is 2.30. The number of benzene rings is 2. The van der Waals surface area contributed by atoms with E-state index >= 15 is 0 Å². The van der Waals surface area contributed by atoms with E-state index in [0.29, 0.717) is 10.1 Å². The van der Waals surface area contributed by atoms with Crippen molar-refractivity contribution < 1.29 is 29.7 Å². The van der Waals surface area contributed by atoms with E-state index in [9.17, 15) is 29.4 Å². The van der Waals surface area contributed by atoms with Gasteiger partial charge in [-0.3, -0.25) is 23.7 Å². The third-order valence-electron chi connectivity index (χ3n) is 5.16. The van der Waals surface area contributed by atoms with Crippen molar-refractivity contribution in [3.63, 3.8) is 0 Å². The van der Waals surface area contributed by atoms with Crippen molar-refractivity contribution >= 4 is 41.1 Å². The number of pyridine rings is 1. The molecule has 188 valence electrons. The molecule has 0 radical (unpaired) electrons. The van der Waals surface area contributed by atoms with Gasteiger partial charge in [-0.25, -0.2) is 0 Å². The zero-order valence-electron chi connectivity index (χ0n) is 18.9. The number of hydrogen-bond donors (Lipinski definition) is 5. The fourth-order valence-electron chi connectivity index (χ4n) is 3.31. The second kappa shape index (κ2) is 11.6. The number of amides is 2. The topological polar surface area (TPSA) is 158 Å². The summed E-state index contributed by atoms with van der Waals surface area (Å²) in [5.74, 6) is -5.54. The predicted molar refractivity (Wildman–Crippen MR) is 134 cm³/mol. The summed E-state index contributed by atoms with van der Waals surface area (Å²) in [6.07, 6.45) is 1.92. The van der Waals surface area contributed by atoms with Crippen LogP contribution in [0.4, 0.5) is 0 Å². The molecule has 0 saturated heterocycles. The van der Waals surface area contributed by atoms with Gasteiger partial charge < -0.3 is 26.0 Å². The molecule has 3 aromatic rings. The maximum Gasteiger partial charge on any atom is 0.322 e. The molecule has 1 heterocycles. The minimum atomic E-state index is -1.39. The lowest BCUT2D eigenvalue weighted by atomic mass is 10.1. The van der Waals surface area contributed by atoms with E-state index in [2.05, 4.69) is 5.32 Å². The molecule has 5 N–H and O–H groups in total. The molecule has 0 aliphatic rings. The van der Waals surface area contributed by atoms with Crippen LogP contribution in [0.1, 0.15) is 31.8 Å². The number of nitrogens with zero attached hydrogens (tertiary/aromatic N) is 1. The van der Waals surface area contributed by atoms with Crippen LogP contribution in [0.5, 0.6) is 11.6 Å². The van der Waals surface area contributed by atoms with Crippen molar-refractivity contribution in [1.82, 2.24) is 15.2 Å². The average Bonchev–Trinajstić information content (AvgIpc) is 2.85. The number of carboxylic acid groups (broad SMARTS) is 1. The number of thioether (sulfide) groups is 1. The molecule has 1 aromatic heterocycles. The Kier molecular flexibility index (Phi) is 8.62. The highest BCUT2D eigenvalue weighted by atomic mass is 35.5. The zero-order chi connectivity index (χ0) is 26.4. The van der Waals surface area contributed by atoms with E-state index in [-0.39, 0.29) is 18.1 Å². The van der Waals surface area contributed by atoms with Gasteiger partial charge in [0.15, 0.2) is 5.75 Å². The molecule has 36 heavy (non-hydrogen) atoms. The van der Waals surface area contributed by atoms with Crippen LogP contribution in [-0.2, 0) is 17.9 Å². The van der Waals surface area contributed by atoms with Gasteiger partial charge in [0.1, 0.15) is 17.7 Å². The number of aromatic nitrogens is 1. The van der Waals surface area contributed by atoms with E-state index in [1.54, 1.807) is 48.2 Å². The molecule has 0 aliphatic carbocycles. The lowest BCUT2D eigenvalue weighted by Gasteiger charge is -2.17. The molecule has 0 aliphatic heterocycles. The third-order valence-corrected chi connectivity index (χ3v) is 6.28. The Balaban J connectivity index is 2.05. The van der Waals surface area contributed by atoms with Crippen molar-refractivity contribution in [2.24, 2.45) is 0 Å². The minimum Gasteiger partial charge on any atom is -0.506 e. The monoisotopic (exact) mass is 531 g/mol. The molecule has 0 unspecified atom stereocenters. The highest BCUT2D eigenvalue weighted by molar-refractivity contribution is 7.98. The van der Waals surface area contributed by atoms with E-state index < -0.39 is 52.6 Å². The average molecular weight is 532 g/mol. The van der Waals surface area contributed by atoms with E-state index in [1.165, 1.54) is 0 Å². The van der Waals surface area contributed by atoms with E-state index in [4.69, 9.17) is 16.7 Å². The van der Waals surface area contributed by atoms with Crippen LogP contribution in [0.15, 0.2) is 58.2 Å². The number of rotatable bonds is 9. The van der Waals surface area contributed by atoms with Gasteiger partial charge in [-0.2, -0.15) is 0 Å². The molecule has 0 spiro atoms. The number of halogens is 1. The Morgan fingerprint density at radius 1 is 0.972 bits per heavy atom. The van der Waals surface area contributed by atoms with Gasteiger partial charge in [0.05, 0.1) is 6.54 Å². The number of carboxylic acids is 1. The Bertz CT molecular complexity index is 1370. The lowest BCUT2D eigenvalue weighted by molar-refractivity contribution is -0.135. The molecule has 2 aromatic carbocycles. The Labute approximate surface area is 214 Å². The smallest absolute Gasteiger partial charge is 0.322 e. The summed E-state index contributed by atoms with van der Waals surface area (Å²) in [7, 11) is 0. The van der Waals surface area contributed by atoms with Gasteiger partial charge in [0.25, 0.3) is 17.4 Å². The molecule has 0 bridgehead atoms. The number of carbonyl (C=O) groups is 3. The minimum absolute atomic E-state index is 0.0244. The van der Waals surface area contributed by atoms with E-state index in [1.807, 2.05) is 23.7 Å². The van der Waals surface area contributed by atoms with Crippen LogP contribution >= 0.6 is 23.4 Å². The summed E-state index contributed by atoms with van der Waals surface area (Å²) < 4.78 is 0.707. The summed E-state index contributed by atoms with van der Waals surface area (Å²) in [5, 5.41) is 35.2. The first-order chi connectivity index (χ1) is 17.1. The first kappa shape index (κ1) is 26.6. The molecule has 0 fully saturated rings. The number of aliphatic carboxylic acids is 1. The van der Waals surface area contributed by atoms with Crippen LogP contribution < -0.4 is 16.2 Å². The molecule has 3 rings (SSSR count). The maximum atomic E-state index is 13.1. The third kappa shape index (κ3) is 5.99. The van der Waals surface area contributed by atoms with Crippen molar-refractivity contribution in [2.75, 3.05) is 12.8 Å². The van der Waals surface area contributed by atoms with Crippen LogP contribution in [0, 0.1) is 0 Å². The Morgan fingerprint density at radius 3 is 2.22 bits per heavy atom. The van der Waals surface area contributed by atoms with Gasteiger partial charge in [0.2, 0.25) is 5.88 Å². The van der Waals surface area contributed by atoms with Gasteiger partial charge in [-0.15, -0.1) is 11.8 Å². The molecule has 10 nitrogen and oxygen atoms in total. The van der Waals surface area contributed by atoms with Crippen LogP contribution in [0.3, 0.4) is 0 Å². The zero-order valence-corrected chi connectivity index (χ0v) is 20.5. The van der Waals surface area contributed by atoms with Crippen molar-refractivity contribution in [3.8, 4) is 11.6 Å². The lowest BCUT2D eigenvalue weighted by Crippen LogP contribution is -2.37. The second-order valence-electron chi connectivity index (χ2n) is 7.51. The fourth-order valence-corrected chi connectivity index (χ4v) is 3.92. The Hall–Kier alpha value is -3.96. The SMILES string of the molecule is CSc1ccc(CNC(=O)c2c(O)c(C(=O)NCC(=O)O)c(=O)n(Cc3ccccc3Cl)c2O)cc1. The van der Waals surface area contributed by atoms with Crippen molar-refractivity contribution in [2.45, 2.75) is 18.0 Å². The van der Waals surface area contributed by atoms with Gasteiger partial charge in [-0.1, -0.05) is 41.9 Å². The number of aromatic hydroxyl groups is 2. The second-order valence-corrected chi connectivity index (χ2v) is 8.80. The predicted octanol–water partition coefficient (Wildman–Crippen LogP) is 2.43. The van der Waals surface area contributed by atoms with Crippen LogP contribution in [0.25, 0.3) is 0 Å². The van der Waals surface area contributed by atoms with Gasteiger partial charge in [0, 0.05) is 16.5 Å². The summed E-state index contributed by atoms with van der Waals surface area (Å²) >= 11 is 7.71. The standard InChI is InChI=1S/C24H22ClN3O7S/c1-36-15-8-6-13(7-9-15)10-26-21(32)18-20(31)19(22(33)27-11-17(29)30)24(35)28(23(18)34)12-14-4-2-3-5-16(14)25/h2-9,31,34H,10-12H2,1H3,(H,26,32)(H,27,33)(H,29,30). The molecular formula is C24H22ClN3O7S. The van der Waals surface area contributed by atoms with Crippen molar-refractivity contribution in [3.05, 3.63) is 86.2 Å². The maximum absolute atomic E-state index is 13.1. The molecule has 2 amide bonds. The fraction of sp³-hybridized carbons (Fsp3) is 0.167. The number of carbonyl (C=O) groups excluding carboxylic acids is 2. The quantitative estimate of drug-likeness (QED) is 0.263. The van der Waals surface area contributed by atoms with Crippen LogP contribution in [-0.4, -0.2) is 50.5 Å². The molecule has 0 saturated carbocycles. The number of hydrogen-bond acceptors (Lipinski definition) is 7. The summed E-state index contributed by atoms with van der Waals surface area (Å²) in [5.41, 5.74) is -1.64.